The third-order valence-corrected chi connectivity index (χ3v) is 4.90. The van der Waals surface area contributed by atoms with Crippen LogP contribution in [0.5, 0.6) is 0 Å². The number of nitrogens with zero attached hydrogens (tertiary/aromatic N) is 2. The van der Waals surface area contributed by atoms with Crippen LogP contribution in [0.15, 0.2) is 18.2 Å². The van der Waals surface area contributed by atoms with Crippen molar-refractivity contribution in [2.45, 2.75) is 31.8 Å². The molecule has 0 aromatic heterocycles. The lowest BCUT2D eigenvalue weighted by molar-refractivity contribution is -0.119. The summed E-state index contributed by atoms with van der Waals surface area (Å²) in [6.07, 6.45) is 3.23. The molecule has 1 aromatic carbocycles. The minimum absolute atomic E-state index is 0.377. The van der Waals surface area contributed by atoms with E-state index in [9.17, 15) is 17.6 Å². The summed E-state index contributed by atoms with van der Waals surface area (Å²) in [5.74, 6) is -0.791. The second-order valence-electron chi connectivity index (χ2n) is 6.16. The minimum atomic E-state index is -3.49. The van der Waals surface area contributed by atoms with Gasteiger partial charge in [0.1, 0.15) is 5.82 Å². The van der Waals surface area contributed by atoms with Crippen LogP contribution < -0.4 is 14.5 Å². The van der Waals surface area contributed by atoms with Crippen molar-refractivity contribution < 1.29 is 17.6 Å². The zero-order valence-electron chi connectivity index (χ0n) is 13.1. The minimum Gasteiger partial charge on any atom is -0.365 e. The molecule has 2 aliphatic rings. The van der Waals surface area contributed by atoms with E-state index in [1.54, 1.807) is 6.07 Å². The van der Waals surface area contributed by atoms with Gasteiger partial charge in [-0.2, -0.15) is 0 Å². The normalized spacial score (nSPS) is 19.4. The van der Waals surface area contributed by atoms with Crippen LogP contribution in [0.25, 0.3) is 0 Å². The van der Waals surface area contributed by atoms with Gasteiger partial charge in [0.05, 0.1) is 23.7 Å². The number of carbonyl (C=O) groups excluding carboxylic acids is 1. The van der Waals surface area contributed by atoms with Crippen molar-refractivity contribution in [3.8, 4) is 0 Å². The first-order chi connectivity index (χ1) is 10.8. The number of halogens is 1. The summed E-state index contributed by atoms with van der Waals surface area (Å²) in [7, 11) is -3.49. The van der Waals surface area contributed by atoms with Crippen LogP contribution in [0.1, 0.15) is 19.8 Å². The van der Waals surface area contributed by atoms with Crippen molar-refractivity contribution >= 4 is 27.3 Å². The first-order valence-electron chi connectivity index (χ1n) is 7.61. The van der Waals surface area contributed by atoms with E-state index in [4.69, 9.17) is 0 Å². The summed E-state index contributed by atoms with van der Waals surface area (Å²) in [5, 5.41) is 0. The van der Waals surface area contributed by atoms with Crippen LogP contribution in [0.4, 0.5) is 15.8 Å². The fourth-order valence-corrected chi connectivity index (χ4v) is 3.75. The van der Waals surface area contributed by atoms with E-state index in [0.29, 0.717) is 24.8 Å². The highest BCUT2D eigenvalue weighted by Crippen LogP contribution is 2.40. The molecule has 1 saturated carbocycles. The monoisotopic (exact) mass is 341 g/mol. The van der Waals surface area contributed by atoms with Gasteiger partial charge in [0, 0.05) is 19.1 Å². The maximum atomic E-state index is 13.7. The topological polar surface area (TPSA) is 69.7 Å². The predicted molar refractivity (Wildman–Crippen MR) is 86.6 cm³/mol. The Morgan fingerprint density at radius 1 is 1.30 bits per heavy atom. The zero-order valence-corrected chi connectivity index (χ0v) is 13.9. The van der Waals surface area contributed by atoms with Crippen LogP contribution in [0, 0.1) is 5.82 Å². The van der Waals surface area contributed by atoms with Crippen LogP contribution in [-0.4, -0.2) is 45.8 Å². The van der Waals surface area contributed by atoms with Gasteiger partial charge in [-0.25, -0.2) is 17.5 Å². The van der Waals surface area contributed by atoms with Gasteiger partial charge < -0.3 is 9.80 Å². The molecule has 8 heteroatoms. The Balaban J connectivity index is 1.90. The molecule has 6 nitrogen and oxygen atoms in total. The maximum Gasteiger partial charge on any atom is 0.244 e. The smallest absolute Gasteiger partial charge is 0.244 e. The molecule has 1 atom stereocenters. The van der Waals surface area contributed by atoms with Crippen LogP contribution in [0.3, 0.4) is 0 Å². The van der Waals surface area contributed by atoms with Gasteiger partial charge in [0.25, 0.3) is 0 Å². The fourth-order valence-electron chi connectivity index (χ4n) is 3.00. The molecule has 23 heavy (non-hydrogen) atoms. The molecular formula is C15H20FN3O3S. The Morgan fingerprint density at radius 2 is 2.00 bits per heavy atom. The van der Waals surface area contributed by atoms with Gasteiger partial charge in [-0.1, -0.05) is 0 Å². The molecule has 1 aliphatic heterocycles. The Bertz CT molecular complexity index is 733. The first-order valence-corrected chi connectivity index (χ1v) is 9.50. The van der Waals surface area contributed by atoms with Gasteiger partial charge in [0.15, 0.2) is 0 Å². The third kappa shape index (κ3) is 3.48. The van der Waals surface area contributed by atoms with E-state index in [1.807, 2.05) is 0 Å². The van der Waals surface area contributed by atoms with Gasteiger partial charge >= 0.3 is 0 Å². The summed E-state index contributed by atoms with van der Waals surface area (Å²) >= 11 is 0. The molecule has 0 saturated heterocycles. The zero-order chi connectivity index (χ0) is 16.8. The average Bonchev–Trinajstić information content (AvgIpc) is 3.27. The van der Waals surface area contributed by atoms with Gasteiger partial charge in [-0.15, -0.1) is 0 Å². The van der Waals surface area contributed by atoms with E-state index in [0.717, 1.165) is 24.8 Å². The Labute approximate surface area is 135 Å². The van der Waals surface area contributed by atoms with Crippen molar-refractivity contribution in [3.05, 3.63) is 24.0 Å². The summed E-state index contributed by atoms with van der Waals surface area (Å²) in [5.41, 5.74) is 1.34. The Hall–Kier alpha value is -1.67. The molecule has 1 amide bonds. The molecular weight excluding hydrogens is 321 g/mol. The predicted octanol–water partition coefficient (Wildman–Crippen LogP) is 1.08. The van der Waals surface area contributed by atoms with Crippen molar-refractivity contribution in [3.63, 3.8) is 0 Å². The molecule has 1 aromatic rings. The van der Waals surface area contributed by atoms with E-state index in [-0.39, 0.29) is 5.91 Å². The summed E-state index contributed by atoms with van der Waals surface area (Å²) < 4.78 is 38.6. The van der Waals surface area contributed by atoms with Crippen LogP contribution in [-0.2, 0) is 14.8 Å². The molecule has 0 spiro atoms. The first kappa shape index (κ1) is 16.2. The fraction of sp³-hybridized carbons (Fsp3) is 0.533. The highest BCUT2D eigenvalue weighted by atomic mass is 32.2. The standard InChI is InChI=1S/C15H20FN3O3S/c1-10(17-23(2,21)22)15(20)19-8-7-18(12-4-5-12)13-6-3-11(16)9-14(13)19/h3,6,9-10,12,17H,4-5,7-8H2,1-2H3. The average molecular weight is 341 g/mol. The number of rotatable bonds is 4. The Kier molecular flexibility index (Phi) is 4.05. The highest BCUT2D eigenvalue weighted by Gasteiger charge is 2.36. The lowest BCUT2D eigenvalue weighted by Gasteiger charge is -2.39. The second kappa shape index (κ2) is 5.76. The number of hydrogen-bond donors (Lipinski definition) is 1. The van der Waals surface area contributed by atoms with Gasteiger partial charge in [-0.3, -0.25) is 4.79 Å². The summed E-state index contributed by atoms with van der Waals surface area (Å²) in [4.78, 5) is 16.3. The van der Waals surface area contributed by atoms with E-state index < -0.39 is 21.9 Å². The third-order valence-electron chi connectivity index (χ3n) is 4.12. The number of hydrogen-bond acceptors (Lipinski definition) is 4. The molecule has 1 N–H and O–H groups in total. The number of fused-ring (bicyclic) bond motifs is 1. The summed E-state index contributed by atoms with van der Waals surface area (Å²) in [6, 6.07) is 3.99. The second-order valence-corrected chi connectivity index (χ2v) is 7.94. The van der Waals surface area contributed by atoms with Crippen LogP contribution in [0.2, 0.25) is 0 Å². The Morgan fingerprint density at radius 3 is 2.61 bits per heavy atom. The molecule has 1 fully saturated rings. The van der Waals surface area contributed by atoms with E-state index in [2.05, 4.69) is 9.62 Å². The van der Waals surface area contributed by atoms with Crippen LogP contribution >= 0.6 is 0 Å². The summed E-state index contributed by atoms with van der Waals surface area (Å²) in [6.45, 7) is 2.58. The molecule has 1 heterocycles. The number of sulfonamides is 1. The van der Waals surface area contributed by atoms with Crippen molar-refractivity contribution in [2.24, 2.45) is 0 Å². The SMILES string of the molecule is CC(NS(C)(=O)=O)C(=O)N1CCN(C2CC2)c2ccc(F)cc21. The molecule has 126 valence electrons. The maximum absolute atomic E-state index is 13.7. The van der Waals surface area contributed by atoms with Crippen molar-refractivity contribution in [2.75, 3.05) is 29.1 Å². The molecule has 0 radical (unpaired) electrons. The van der Waals surface area contributed by atoms with Crippen molar-refractivity contribution in [1.82, 2.24) is 4.72 Å². The number of carbonyl (C=O) groups is 1. The van der Waals surface area contributed by atoms with E-state index >= 15 is 0 Å². The molecule has 1 aliphatic carbocycles. The number of nitrogens with one attached hydrogen (secondary N) is 1. The van der Waals surface area contributed by atoms with Gasteiger partial charge in [-0.05, 0) is 38.0 Å². The number of anilines is 2. The molecule has 0 bridgehead atoms. The van der Waals surface area contributed by atoms with Crippen molar-refractivity contribution in [1.29, 1.82) is 0 Å². The molecule has 1 unspecified atom stereocenters. The largest absolute Gasteiger partial charge is 0.365 e. The lowest BCUT2D eigenvalue weighted by atomic mass is 10.1. The molecule has 3 rings (SSSR count). The lowest BCUT2D eigenvalue weighted by Crippen LogP contribution is -2.51. The quantitative estimate of drug-likeness (QED) is 0.890. The van der Waals surface area contributed by atoms with Gasteiger partial charge in [0.2, 0.25) is 15.9 Å². The van der Waals surface area contributed by atoms with E-state index in [1.165, 1.54) is 24.0 Å². The number of benzene rings is 1. The number of amides is 1. The highest BCUT2D eigenvalue weighted by molar-refractivity contribution is 7.88.